The fraction of sp³-hybridized carbons (Fsp3) is 0.240. The average Bonchev–Trinajstić information content (AvgIpc) is 2.86. The van der Waals surface area contributed by atoms with Crippen molar-refractivity contribution in [1.82, 2.24) is 9.88 Å². The molecule has 0 aliphatic carbocycles. The third-order valence-corrected chi connectivity index (χ3v) is 5.85. The minimum Gasteiger partial charge on any atom is -0.497 e. The number of aliphatic hydroxyl groups is 1. The molecule has 34 heavy (non-hydrogen) atoms. The molecule has 1 fully saturated rings. The molecule has 2 amide bonds. The number of anilines is 1. The van der Waals surface area contributed by atoms with Crippen molar-refractivity contribution in [1.29, 1.82) is 0 Å². The number of nitrogens with one attached hydrogen (secondary N) is 1. The number of nitrogens with zero attached hydrogens (tertiary/aromatic N) is 2. The Kier molecular flexibility index (Phi) is 7.42. The maximum absolute atomic E-state index is 12.6. The lowest BCUT2D eigenvalue weighted by atomic mass is 9.98. The zero-order valence-corrected chi connectivity index (χ0v) is 19.2. The number of hydrogen-bond donors (Lipinski definition) is 2. The summed E-state index contributed by atoms with van der Waals surface area (Å²) in [6.45, 7) is 0.00299. The number of rotatable bonds is 7. The van der Waals surface area contributed by atoms with Crippen LogP contribution in [0, 0.1) is 0 Å². The van der Waals surface area contributed by atoms with Crippen LogP contribution >= 0.6 is 11.6 Å². The zero-order valence-electron chi connectivity index (χ0n) is 18.5. The van der Waals surface area contributed by atoms with Crippen LogP contribution in [0.25, 0.3) is 0 Å². The van der Waals surface area contributed by atoms with Crippen molar-refractivity contribution in [3.8, 4) is 5.75 Å². The highest BCUT2D eigenvalue weighted by atomic mass is 35.5. The molecule has 1 saturated heterocycles. The van der Waals surface area contributed by atoms with Gasteiger partial charge in [-0.2, -0.15) is 0 Å². The molecule has 1 aromatic heterocycles. The van der Waals surface area contributed by atoms with Crippen molar-refractivity contribution < 1.29 is 24.2 Å². The van der Waals surface area contributed by atoms with Crippen LogP contribution in [0.2, 0.25) is 5.15 Å². The molecule has 2 heterocycles. The number of benzene rings is 2. The number of ether oxygens (including phenoxy) is 2. The normalized spacial score (nSPS) is 18.0. The Labute approximate surface area is 202 Å². The number of pyridine rings is 1. The van der Waals surface area contributed by atoms with Crippen molar-refractivity contribution in [3.05, 3.63) is 88.7 Å². The summed E-state index contributed by atoms with van der Waals surface area (Å²) >= 11 is 5.85. The van der Waals surface area contributed by atoms with Crippen molar-refractivity contribution in [2.24, 2.45) is 0 Å². The Balaban J connectivity index is 1.47. The Morgan fingerprint density at radius 2 is 1.94 bits per heavy atom. The van der Waals surface area contributed by atoms with Gasteiger partial charge in [0, 0.05) is 24.0 Å². The number of methoxy groups -OCH3 is 1. The quantitative estimate of drug-likeness (QED) is 0.501. The van der Waals surface area contributed by atoms with Crippen molar-refractivity contribution in [2.45, 2.75) is 18.7 Å². The van der Waals surface area contributed by atoms with E-state index in [9.17, 15) is 14.7 Å². The monoisotopic (exact) mass is 481 g/mol. The molecule has 0 spiro atoms. The topological polar surface area (TPSA) is 101 Å². The average molecular weight is 482 g/mol. The Bertz CT molecular complexity index is 1150. The molecular formula is C25H24ClN3O5. The molecule has 0 radical (unpaired) electrons. The highest BCUT2D eigenvalue weighted by molar-refractivity contribution is 6.29. The van der Waals surface area contributed by atoms with E-state index in [-0.39, 0.29) is 30.2 Å². The van der Waals surface area contributed by atoms with Gasteiger partial charge in [0.15, 0.2) is 0 Å². The number of morpholine rings is 1. The predicted octanol–water partition coefficient (Wildman–Crippen LogP) is 3.46. The summed E-state index contributed by atoms with van der Waals surface area (Å²) in [6, 6.07) is 17.1. The lowest BCUT2D eigenvalue weighted by Gasteiger charge is -2.40. The molecule has 9 heteroatoms. The number of carbonyl (C=O) groups excluding carboxylic acids is 2. The third kappa shape index (κ3) is 5.36. The van der Waals surface area contributed by atoms with Crippen LogP contribution in [0.4, 0.5) is 5.69 Å². The van der Waals surface area contributed by atoms with Crippen LogP contribution in [0.5, 0.6) is 5.75 Å². The molecule has 0 bridgehead atoms. The van der Waals surface area contributed by atoms with Gasteiger partial charge in [0.05, 0.1) is 19.8 Å². The lowest BCUT2D eigenvalue weighted by molar-refractivity contribution is -0.162. The summed E-state index contributed by atoms with van der Waals surface area (Å²) in [5, 5.41) is 13.2. The molecule has 8 nitrogen and oxygen atoms in total. The second-order valence-corrected chi connectivity index (χ2v) is 8.18. The van der Waals surface area contributed by atoms with Gasteiger partial charge in [-0.1, -0.05) is 35.9 Å². The van der Waals surface area contributed by atoms with Gasteiger partial charge >= 0.3 is 0 Å². The van der Waals surface area contributed by atoms with Crippen LogP contribution in [-0.4, -0.2) is 53.2 Å². The Hall–Kier alpha value is -3.46. The van der Waals surface area contributed by atoms with Crippen LogP contribution in [0.15, 0.2) is 66.9 Å². The fourth-order valence-corrected chi connectivity index (χ4v) is 4.03. The number of halogens is 1. The summed E-state index contributed by atoms with van der Waals surface area (Å²) in [4.78, 5) is 30.6. The first kappa shape index (κ1) is 23.7. The zero-order chi connectivity index (χ0) is 24.1. The van der Waals surface area contributed by atoms with Crippen LogP contribution < -0.4 is 10.1 Å². The Morgan fingerprint density at radius 1 is 1.21 bits per heavy atom. The van der Waals surface area contributed by atoms with Crippen molar-refractivity contribution in [2.75, 3.05) is 25.6 Å². The molecule has 0 saturated carbocycles. The number of carbonyl (C=O) groups is 2. The Morgan fingerprint density at radius 3 is 2.59 bits per heavy atom. The van der Waals surface area contributed by atoms with Crippen molar-refractivity contribution >= 4 is 29.1 Å². The highest BCUT2D eigenvalue weighted by Gasteiger charge is 2.37. The van der Waals surface area contributed by atoms with E-state index in [1.54, 1.807) is 30.2 Å². The molecule has 2 aromatic carbocycles. The predicted molar refractivity (Wildman–Crippen MR) is 127 cm³/mol. The summed E-state index contributed by atoms with van der Waals surface area (Å²) in [6.07, 6.45) is 0.958. The van der Waals surface area contributed by atoms with Crippen LogP contribution in [-0.2, 0) is 16.1 Å². The second-order valence-electron chi connectivity index (χ2n) is 7.79. The maximum atomic E-state index is 12.6. The van der Waals surface area contributed by atoms with E-state index in [4.69, 9.17) is 21.1 Å². The molecule has 2 atom stereocenters. The van der Waals surface area contributed by atoms with E-state index in [0.29, 0.717) is 17.8 Å². The molecule has 176 valence electrons. The molecule has 2 unspecified atom stereocenters. The smallest absolute Gasteiger partial charge is 0.255 e. The number of hydrogen-bond acceptors (Lipinski definition) is 6. The van der Waals surface area contributed by atoms with Gasteiger partial charge in [0.2, 0.25) is 5.91 Å². The third-order valence-electron chi connectivity index (χ3n) is 5.64. The van der Waals surface area contributed by atoms with Crippen LogP contribution in [0.3, 0.4) is 0 Å². The number of aromatic nitrogens is 1. The molecular weight excluding hydrogens is 458 g/mol. The fourth-order valence-electron chi connectivity index (χ4n) is 3.85. The SMILES string of the molecule is COc1ccc(CN2C(=O)COC(c3ccc(NC(=O)c4ccnc(Cl)c4)cc3)C2CO)cc1. The van der Waals surface area contributed by atoms with Gasteiger partial charge in [0.1, 0.15) is 23.6 Å². The summed E-state index contributed by atoms with van der Waals surface area (Å²) in [7, 11) is 1.60. The maximum Gasteiger partial charge on any atom is 0.255 e. The van der Waals surface area contributed by atoms with E-state index in [2.05, 4.69) is 10.3 Å². The molecule has 2 N–H and O–H groups in total. The van der Waals surface area contributed by atoms with Gasteiger partial charge in [-0.3, -0.25) is 9.59 Å². The van der Waals surface area contributed by atoms with E-state index in [0.717, 1.165) is 16.9 Å². The number of aliphatic hydroxyl groups excluding tert-OH is 1. The molecule has 1 aliphatic heterocycles. The van der Waals surface area contributed by atoms with E-state index < -0.39 is 12.1 Å². The minimum atomic E-state index is -0.553. The van der Waals surface area contributed by atoms with Gasteiger partial charge in [-0.05, 0) is 47.5 Å². The van der Waals surface area contributed by atoms with Gasteiger partial charge in [0.25, 0.3) is 5.91 Å². The first-order valence-corrected chi connectivity index (χ1v) is 11.0. The molecule has 4 rings (SSSR count). The van der Waals surface area contributed by atoms with Crippen molar-refractivity contribution in [3.63, 3.8) is 0 Å². The lowest BCUT2D eigenvalue weighted by Crippen LogP contribution is -2.52. The summed E-state index contributed by atoms with van der Waals surface area (Å²) in [5.41, 5.74) is 2.69. The molecule has 3 aromatic rings. The summed E-state index contributed by atoms with van der Waals surface area (Å²) in [5.74, 6) is 0.231. The summed E-state index contributed by atoms with van der Waals surface area (Å²) < 4.78 is 11.0. The first-order valence-electron chi connectivity index (χ1n) is 10.7. The van der Waals surface area contributed by atoms with E-state index >= 15 is 0 Å². The second kappa shape index (κ2) is 10.6. The largest absolute Gasteiger partial charge is 0.497 e. The van der Waals surface area contributed by atoms with E-state index in [1.807, 2.05) is 36.4 Å². The van der Waals surface area contributed by atoms with Crippen LogP contribution in [0.1, 0.15) is 27.6 Å². The van der Waals surface area contributed by atoms with Gasteiger partial charge < -0.3 is 24.8 Å². The highest BCUT2D eigenvalue weighted by Crippen LogP contribution is 2.31. The van der Waals surface area contributed by atoms with E-state index in [1.165, 1.54) is 12.3 Å². The standard InChI is InChI=1S/C25H24ClN3O5/c1-33-20-8-2-16(3-9-20)13-29-21(14-30)24(34-15-23(29)31)17-4-6-19(7-5-17)28-25(32)18-10-11-27-22(26)12-18/h2-12,21,24,30H,13-15H2,1H3,(H,28,32). The first-order chi connectivity index (χ1) is 16.5. The molecule has 1 aliphatic rings. The van der Waals surface area contributed by atoms with Gasteiger partial charge in [-0.25, -0.2) is 4.98 Å². The number of amides is 2. The van der Waals surface area contributed by atoms with Gasteiger partial charge in [-0.15, -0.1) is 0 Å². The minimum absolute atomic E-state index is 0.0847.